The van der Waals surface area contributed by atoms with E-state index in [1.165, 1.54) is 5.56 Å². The van der Waals surface area contributed by atoms with Crippen LogP contribution in [0.4, 0.5) is 4.79 Å². The molecule has 0 radical (unpaired) electrons. The van der Waals surface area contributed by atoms with Crippen molar-refractivity contribution in [2.45, 2.75) is 13.1 Å². The molecule has 3 aromatic rings. The number of amides is 2. The third kappa shape index (κ3) is 7.15. The molecule has 0 aliphatic carbocycles. The van der Waals surface area contributed by atoms with E-state index in [-0.39, 0.29) is 6.03 Å². The number of imidazole rings is 1. The molecular weight excluding hydrogens is 450 g/mol. The molecule has 1 aromatic heterocycles. The monoisotopic (exact) mass is 479 g/mol. The maximum atomic E-state index is 12.1. The van der Waals surface area contributed by atoms with E-state index in [4.69, 9.17) is 24.8 Å². The van der Waals surface area contributed by atoms with Crippen LogP contribution >= 0.6 is 0 Å². The Balaban J connectivity index is 0.000000509. The molecule has 184 valence electrons. The van der Waals surface area contributed by atoms with Crippen molar-refractivity contribution in [3.05, 3.63) is 78.6 Å². The third-order valence-corrected chi connectivity index (χ3v) is 5.52. The van der Waals surface area contributed by atoms with Gasteiger partial charge in [-0.15, -0.1) is 6.58 Å². The summed E-state index contributed by atoms with van der Waals surface area (Å²) in [5.41, 5.74) is 3.45. The smallest absolute Gasteiger partial charge is 0.414 e. The van der Waals surface area contributed by atoms with E-state index in [0.29, 0.717) is 6.54 Å². The summed E-state index contributed by atoms with van der Waals surface area (Å²) in [6.07, 6.45) is 1.70. The zero-order valence-corrected chi connectivity index (χ0v) is 19.3. The number of aliphatic carboxylic acids is 2. The number of hydrogen-bond acceptors (Lipinski definition) is 5. The number of rotatable bonds is 6. The number of urea groups is 1. The maximum absolute atomic E-state index is 12.1. The van der Waals surface area contributed by atoms with Crippen LogP contribution in [-0.4, -0.2) is 80.3 Å². The molecule has 35 heavy (non-hydrogen) atoms. The van der Waals surface area contributed by atoms with Gasteiger partial charge in [0.05, 0.1) is 17.6 Å². The van der Waals surface area contributed by atoms with E-state index < -0.39 is 11.9 Å². The van der Waals surface area contributed by atoms with Crippen molar-refractivity contribution in [2.75, 3.05) is 32.7 Å². The number of hydrogen-bond donors (Lipinski definition) is 3. The number of aromatic nitrogens is 2. The molecular formula is C25H29N5O5. The summed E-state index contributed by atoms with van der Waals surface area (Å²) in [6, 6.07) is 18.8. The highest BCUT2D eigenvalue weighted by atomic mass is 16.4. The lowest BCUT2D eigenvalue weighted by Gasteiger charge is -2.34. The van der Waals surface area contributed by atoms with Crippen molar-refractivity contribution in [1.82, 2.24) is 24.7 Å². The van der Waals surface area contributed by atoms with Crippen LogP contribution in [0.2, 0.25) is 0 Å². The number of benzene rings is 2. The second kappa shape index (κ2) is 12.3. The van der Waals surface area contributed by atoms with Gasteiger partial charge in [0.15, 0.2) is 0 Å². The Morgan fingerprint density at radius 3 is 2.17 bits per heavy atom. The van der Waals surface area contributed by atoms with Crippen LogP contribution in [0.3, 0.4) is 0 Å². The lowest BCUT2D eigenvalue weighted by atomic mass is 10.2. The first kappa shape index (κ1) is 25.4. The molecule has 1 fully saturated rings. The summed E-state index contributed by atoms with van der Waals surface area (Å²) in [7, 11) is 0. The van der Waals surface area contributed by atoms with Gasteiger partial charge in [0, 0.05) is 39.3 Å². The predicted molar refractivity (Wildman–Crippen MR) is 131 cm³/mol. The van der Waals surface area contributed by atoms with Gasteiger partial charge in [-0.25, -0.2) is 19.4 Å². The van der Waals surface area contributed by atoms with Crippen LogP contribution in [0, 0.1) is 0 Å². The predicted octanol–water partition coefficient (Wildman–Crippen LogP) is 2.25. The average Bonchev–Trinajstić information content (AvgIpc) is 3.20. The number of fused-ring (bicyclic) bond motifs is 1. The van der Waals surface area contributed by atoms with Gasteiger partial charge in [-0.1, -0.05) is 48.5 Å². The quantitative estimate of drug-likeness (QED) is 0.365. The van der Waals surface area contributed by atoms with Crippen LogP contribution in [-0.2, 0) is 22.7 Å². The van der Waals surface area contributed by atoms with Crippen molar-refractivity contribution < 1.29 is 24.6 Å². The van der Waals surface area contributed by atoms with Crippen LogP contribution in [0.15, 0.2) is 67.3 Å². The fraction of sp³-hybridized carbons (Fsp3) is 0.280. The first-order valence-electron chi connectivity index (χ1n) is 11.2. The second-order valence-corrected chi connectivity index (χ2v) is 7.94. The molecule has 2 aromatic carbocycles. The zero-order chi connectivity index (χ0) is 25.2. The highest BCUT2D eigenvalue weighted by Gasteiger charge is 2.22. The summed E-state index contributed by atoms with van der Waals surface area (Å²) >= 11 is 0. The van der Waals surface area contributed by atoms with Crippen LogP contribution in [0.25, 0.3) is 11.0 Å². The number of nitrogens with zero attached hydrogens (tertiary/aromatic N) is 4. The van der Waals surface area contributed by atoms with Gasteiger partial charge in [0.25, 0.3) is 0 Å². The van der Waals surface area contributed by atoms with Gasteiger partial charge < -0.3 is 25.0 Å². The Bertz CT molecular complexity index is 1160. The van der Waals surface area contributed by atoms with Gasteiger partial charge in [-0.05, 0) is 17.7 Å². The van der Waals surface area contributed by atoms with Gasteiger partial charge in [-0.2, -0.15) is 0 Å². The maximum Gasteiger partial charge on any atom is 0.414 e. The number of piperazine rings is 1. The first-order valence-corrected chi connectivity index (χ1v) is 11.2. The summed E-state index contributed by atoms with van der Waals surface area (Å²) in [6.45, 7) is 8.87. The molecule has 0 spiro atoms. The number of carboxylic acid groups (broad SMARTS) is 2. The molecule has 1 saturated heterocycles. The fourth-order valence-corrected chi connectivity index (χ4v) is 3.77. The molecule has 3 N–H and O–H groups in total. The summed E-state index contributed by atoms with van der Waals surface area (Å²) < 4.78 is 2.31. The van der Waals surface area contributed by atoms with E-state index in [2.05, 4.69) is 63.8 Å². The van der Waals surface area contributed by atoms with E-state index in [1.807, 2.05) is 17.0 Å². The number of carbonyl (C=O) groups is 3. The Kier molecular flexibility index (Phi) is 8.96. The third-order valence-electron chi connectivity index (χ3n) is 5.52. The minimum Gasteiger partial charge on any atom is -0.473 e. The van der Waals surface area contributed by atoms with Gasteiger partial charge in [0.1, 0.15) is 5.82 Å². The Hall–Kier alpha value is -4.18. The van der Waals surface area contributed by atoms with E-state index in [0.717, 1.165) is 56.1 Å². The van der Waals surface area contributed by atoms with Gasteiger partial charge in [-0.3, -0.25) is 4.90 Å². The van der Waals surface area contributed by atoms with Gasteiger partial charge in [0.2, 0.25) is 0 Å². The van der Waals surface area contributed by atoms with E-state index in [1.54, 1.807) is 6.08 Å². The fourth-order valence-electron chi connectivity index (χ4n) is 3.77. The van der Waals surface area contributed by atoms with Crippen molar-refractivity contribution in [3.63, 3.8) is 0 Å². The number of para-hydroxylation sites is 2. The minimum atomic E-state index is -1.82. The molecule has 10 heteroatoms. The summed E-state index contributed by atoms with van der Waals surface area (Å²) in [5.74, 6) is -2.58. The topological polar surface area (TPSA) is 128 Å². The molecule has 0 unspecified atom stereocenters. The molecule has 4 rings (SSSR count). The SMILES string of the molecule is C=CCNC(=O)N1CCN(Cc2nc3ccccc3n2Cc2ccccc2)CC1.O=C(O)C(=O)O. The molecule has 0 atom stereocenters. The standard InChI is InChI=1S/C23H27N5O.C2H2O4/c1-2-12-24-23(29)27-15-13-26(14-16-27)18-22-25-20-10-6-7-11-21(20)28(22)17-19-8-4-3-5-9-19;3-1(4)2(5)6/h2-11H,1,12-18H2,(H,24,29);(H,3,4)(H,5,6). The van der Waals surface area contributed by atoms with Crippen LogP contribution < -0.4 is 5.32 Å². The molecule has 0 bridgehead atoms. The molecule has 10 nitrogen and oxygen atoms in total. The number of carbonyl (C=O) groups excluding carboxylic acids is 1. The minimum absolute atomic E-state index is 0.0131. The first-order chi connectivity index (χ1) is 16.9. The van der Waals surface area contributed by atoms with Crippen molar-refractivity contribution in [2.24, 2.45) is 0 Å². The average molecular weight is 480 g/mol. The summed E-state index contributed by atoms with van der Waals surface area (Å²) in [4.78, 5) is 39.5. The molecule has 0 saturated carbocycles. The van der Waals surface area contributed by atoms with Crippen molar-refractivity contribution >= 4 is 29.0 Å². The van der Waals surface area contributed by atoms with Crippen molar-refractivity contribution in [1.29, 1.82) is 0 Å². The van der Waals surface area contributed by atoms with Crippen LogP contribution in [0.5, 0.6) is 0 Å². The van der Waals surface area contributed by atoms with E-state index >= 15 is 0 Å². The summed E-state index contributed by atoms with van der Waals surface area (Å²) in [5, 5.41) is 17.6. The number of carboxylic acids is 2. The van der Waals surface area contributed by atoms with Crippen molar-refractivity contribution in [3.8, 4) is 0 Å². The van der Waals surface area contributed by atoms with Crippen LogP contribution in [0.1, 0.15) is 11.4 Å². The molecule has 2 heterocycles. The number of nitrogens with one attached hydrogen (secondary N) is 1. The highest BCUT2D eigenvalue weighted by Crippen LogP contribution is 2.20. The lowest BCUT2D eigenvalue weighted by molar-refractivity contribution is -0.159. The zero-order valence-electron chi connectivity index (χ0n) is 19.3. The highest BCUT2D eigenvalue weighted by molar-refractivity contribution is 6.27. The molecule has 1 aliphatic heterocycles. The molecule has 1 aliphatic rings. The second-order valence-electron chi connectivity index (χ2n) is 7.94. The molecule has 2 amide bonds. The van der Waals surface area contributed by atoms with Gasteiger partial charge >= 0.3 is 18.0 Å². The Morgan fingerprint density at radius 1 is 0.914 bits per heavy atom. The van der Waals surface area contributed by atoms with E-state index in [9.17, 15) is 4.79 Å². The Labute approximate surface area is 203 Å². The Morgan fingerprint density at radius 2 is 1.54 bits per heavy atom. The normalized spacial score (nSPS) is 13.5. The largest absolute Gasteiger partial charge is 0.473 e. The lowest BCUT2D eigenvalue weighted by Crippen LogP contribution is -2.51.